The predicted octanol–water partition coefficient (Wildman–Crippen LogP) is 5.56. The first-order valence-corrected chi connectivity index (χ1v) is 11.3. The molecule has 1 saturated heterocycles. The van der Waals surface area contributed by atoms with E-state index in [0.717, 1.165) is 16.0 Å². The molecule has 0 aromatic heterocycles. The lowest BCUT2D eigenvalue weighted by Crippen LogP contribution is -2.54. The normalized spacial score (nSPS) is 14.8. The van der Waals surface area contributed by atoms with Crippen LogP contribution in [-0.4, -0.2) is 25.0 Å². The molecule has 3 aromatic rings. The van der Waals surface area contributed by atoms with Gasteiger partial charge in [-0.1, -0.05) is 59.1 Å². The quantitative estimate of drug-likeness (QED) is 0.346. The minimum atomic E-state index is -0.882. The largest absolute Gasteiger partial charge is 0.493 e. The number of ether oxygens (including phenoxy) is 2. The number of benzene rings is 3. The Morgan fingerprint density at radius 3 is 2.34 bits per heavy atom. The molecule has 1 fully saturated rings. The molecule has 1 aliphatic heterocycles. The second kappa shape index (κ2) is 10.2. The first-order valence-electron chi connectivity index (χ1n) is 10.5. The van der Waals surface area contributed by atoms with Crippen LogP contribution in [-0.2, 0) is 16.2 Å². The van der Waals surface area contributed by atoms with Crippen molar-refractivity contribution in [2.24, 2.45) is 0 Å². The molecule has 1 aliphatic rings. The van der Waals surface area contributed by atoms with Crippen LogP contribution in [0, 0.1) is 6.92 Å². The Kier molecular flexibility index (Phi) is 7.10. The molecule has 4 amide bonds. The lowest BCUT2D eigenvalue weighted by atomic mass is 10.1. The number of imide groups is 2. The second-order valence-corrected chi connectivity index (χ2v) is 8.56. The van der Waals surface area contributed by atoms with Gasteiger partial charge in [-0.15, -0.1) is 0 Å². The maximum Gasteiger partial charge on any atom is 0.335 e. The molecule has 0 radical (unpaired) electrons. The maximum absolute atomic E-state index is 13.1. The lowest BCUT2D eigenvalue weighted by Gasteiger charge is -2.26. The van der Waals surface area contributed by atoms with E-state index >= 15 is 0 Å². The summed E-state index contributed by atoms with van der Waals surface area (Å²) in [6.45, 7) is 2.36. The highest BCUT2D eigenvalue weighted by atomic mass is 35.5. The van der Waals surface area contributed by atoms with Crippen LogP contribution in [0.4, 0.5) is 10.5 Å². The summed E-state index contributed by atoms with van der Waals surface area (Å²) in [7, 11) is 1.49. The molecular formula is C26H20Cl2N2O5. The number of nitrogens with zero attached hydrogens (tertiary/aromatic N) is 1. The van der Waals surface area contributed by atoms with Gasteiger partial charge in [-0.05, 0) is 54.5 Å². The molecule has 0 unspecified atom stereocenters. The van der Waals surface area contributed by atoms with Crippen LogP contribution in [0.1, 0.15) is 16.7 Å². The third kappa shape index (κ3) is 5.31. The summed E-state index contributed by atoms with van der Waals surface area (Å²) in [5.41, 5.74) is 2.61. The number of hydrogen-bond donors (Lipinski definition) is 1. The van der Waals surface area contributed by atoms with E-state index in [2.05, 4.69) is 5.32 Å². The number of nitrogens with one attached hydrogen (secondary N) is 1. The minimum Gasteiger partial charge on any atom is -0.493 e. The highest BCUT2D eigenvalue weighted by Gasteiger charge is 2.37. The number of carbonyl (C=O) groups is 3. The Balaban J connectivity index is 1.59. The topological polar surface area (TPSA) is 84.9 Å². The number of methoxy groups -OCH3 is 1. The number of rotatable bonds is 6. The van der Waals surface area contributed by atoms with Crippen LogP contribution in [0.25, 0.3) is 6.08 Å². The fourth-order valence-electron chi connectivity index (χ4n) is 3.42. The molecule has 4 rings (SSSR count). The van der Waals surface area contributed by atoms with Crippen LogP contribution in [0.15, 0.2) is 66.2 Å². The van der Waals surface area contributed by atoms with Crippen LogP contribution in [0.3, 0.4) is 0 Å². The molecule has 0 bridgehead atoms. The molecule has 9 heteroatoms. The molecule has 1 heterocycles. The van der Waals surface area contributed by atoms with Crippen LogP contribution < -0.4 is 19.7 Å². The number of aryl methyl sites for hydroxylation is 1. The van der Waals surface area contributed by atoms with Crippen molar-refractivity contribution in [3.63, 3.8) is 0 Å². The molecule has 1 N–H and O–H groups in total. The van der Waals surface area contributed by atoms with E-state index in [4.69, 9.17) is 32.7 Å². The molecule has 3 aromatic carbocycles. The van der Waals surface area contributed by atoms with Gasteiger partial charge in [0.15, 0.2) is 11.5 Å². The third-order valence-corrected chi connectivity index (χ3v) is 6.02. The second-order valence-electron chi connectivity index (χ2n) is 7.74. The predicted molar refractivity (Wildman–Crippen MR) is 134 cm³/mol. The van der Waals surface area contributed by atoms with Crippen molar-refractivity contribution in [3.05, 3.63) is 93.0 Å². The highest BCUT2D eigenvalue weighted by Crippen LogP contribution is 2.32. The van der Waals surface area contributed by atoms with Gasteiger partial charge in [0.1, 0.15) is 12.2 Å². The maximum atomic E-state index is 13.1. The first-order chi connectivity index (χ1) is 16.8. The van der Waals surface area contributed by atoms with E-state index in [0.29, 0.717) is 23.7 Å². The Hall–Kier alpha value is -3.81. The number of barbiturate groups is 1. The van der Waals surface area contributed by atoms with Gasteiger partial charge in [0.05, 0.1) is 22.8 Å². The minimum absolute atomic E-state index is 0.165. The summed E-state index contributed by atoms with van der Waals surface area (Å²) in [5.74, 6) is -0.680. The van der Waals surface area contributed by atoms with Crippen molar-refractivity contribution in [3.8, 4) is 11.5 Å². The van der Waals surface area contributed by atoms with Gasteiger partial charge in [-0.3, -0.25) is 14.9 Å². The van der Waals surface area contributed by atoms with Crippen molar-refractivity contribution < 1.29 is 23.9 Å². The fourth-order valence-corrected chi connectivity index (χ4v) is 3.71. The van der Waals surface area contributed by atoms with Crippen molar-refractivity contribution >= 4 is 52.8 Å². The Morgan fingerprint density at radius 1 is 0.914 bits per heavy atom. The van der Waals surface area contributed by atoms with Gasteiger partial charge in [0.2, 0.25) is 0 Å². The molecule has 0 atom stereocenters. The number of urea groups is 1. The average molecular weight is 511 g/mol. The Bertz CT molecular complexity index is 1350. The van der Waals surface area contributed by atoms with Gasteiger partial charge in [-0.25, -0.2) is 9.69 Å². The van der Waals surface area contributed by atoms with Crippen molar-refractivity contribution in [1.29, 1.82) is 0 Å². The van der Waals surface area contributed by atoms with Gasteiger partial charge in [0, 0.05) is 0 Å². The van der Waals surface area contributed by atoms with E-state index in [1.54, 1.807) is 18.2 Å². The number of hydrogen-bond acceptors (Lipinski definition) is 5. The van der Waals surface area contributed by atoms with E-state index in [1.165, 1.54) is 31.4 Å². The Morgan fingerprint density at radius 2 is 1.66 bits per heavy atom. The number of halogens is 2. The summed E-state index contributed by atoms with van der Waals surface area (Å²) < 4.78 is 11.3. The summed E-state index contributed by atoms with van der Waals surface area (Å²) in [6, 6.07) is 16.4. The van der Waals surface area contributed by atoms with E-state index in [1.807, 2.05) is 31.2 Å². The summed E-state index contributed by atoms with van der Waals surface area (Å²) in [4.78, 5) is 38.8. The zero-order valence-electron chi connectivity index (χ0n) is 18.8. The van der Waals surface area contributed by atoms with Crippen molar-refractivity contribution in [2.75, 3.05) is 12.0 Å². The zero-order chi connectivity index (χ0) is 25.1. The number of anilines is 1. The summed E-state index contributed by atoms with van der Waals surface area (Å²) in [6.07, 6.45) is 1.38. The van der Waals surface area contributed by atoms with Gasteiger partial charge in [0.25, 0.3) is 11.8 Å². The van der Waals surface area contributed by atoms with Crippen LogP contribution in [0.2, 0.25) is 10.0 Å². The number of carbonyl (C=O) groups excluding carboxylic acids is 3. The first kappa shape index (κ1) is 24.3. The van der Waals surface area contributed by atoms with Gasteiger partial charge in [-0.2, -0.15) is 0 Å². The molecule has 0 spiro atoms. The summed E-state index contributed by atoms with van der Waals surface area (Å²) in [5, 5.41) is 2.60. The fraction of sp³-hybridized carbons (Fsp3) is 0.115. The smallest absolute Gasteiger partial charge is 0.335 e. The molecule has 35 heavy (non-hydrogen) atoms. The highest BCUT2D eigenvalue weighted by molar-refractivity contribution is 6.43. The molecule has 178 valence electrons. The van der Waals surface area contributed by atoms with E-state index in [-0.39, 0.29) is 21.3 Å². The number of amides is 4. The van der Waals surface area contributed by atoms with E-state index in [9.17, 15) is 14.4 Å². The monoisotopic (exact) mass is 510 g/mol. The van der Waals surface area contributed by atoms with Gasteiger partial charge >= 0.3 is 6.03 Å². The molecule has 0 saturated carbocycles. The van der Waals surface area contributed by atoms with Crippen LogP contribution in [0.5, 0.6) is 11.5 Å². The Labute approximate surface area is 211 Å². The van der Waals surface area contributed by atoms with Crippen LogP contribution >= 0.6 is 23.2 Å². The van der Waals surface area contributed by atoms with E-state index < -0.39 is 17.8 Å². The molecule has 0 aliphatic carbocycles. The zero-order valence-corrected chi connectivity index (χ0v) is 20.3. The average Bonchev–Trinajstić information content (AvgIpc) is 2.83. The molecule has 7 nitrogen and oxygen atoms in total. The molecular weight excluding hydrogens is 491 g/mol. The lowest BCUT2D eigenvalue weighted by molar-refractivity contribution is -0.122. The standard InChI is InChI=1S/C26H20Cl2N2O5/c1-15-3-5-16(6-4-15)14-35-22-10-7-17(12-23(22)34-2)11-19-24(31)29-26(33)30(25(19)32)18-8-9-20(27)21(28)13-18/h3-13H,14H2,1-2H3,(H,29,31,33)/b19-11+. The summed E-state index contributed by atoms with van der Waals surface area (Å²) >= 11 is 12.0. The van der Waals surface area contributed by atoms with Crippen molar-refractivity contribution in [1.82, 2.24) is 5.32 Å². The van der Waals surface area contributed by atoms with Gasteiger partial charge < -0.3 is 9.47 Å². The van der Waals surface area contributed by atoms with Crippen molar-refractivity contribution in [2.45, 2.75) is 13.5 Å². The SMILES string of the molecule is COc1cc(/C=C2\C(=O)NC(=O)N(c3ccc(Cl)c(Cl)c3)C2=O)ccc1OCc1ccc(C)cc1. The third-order valence-electron chi connectivity index (χ3n) is 5.28.